The summed E-state index contributed by atoms with van der Waals surface area (Å²) in [6.07, 6.45) is 5.14. The molecule has 0 bridgehead atoms. The van der Waals surface area contributed by atoms with Crippen molar-refractivity contribution in [2.45, 2.75) is 0 Å². The van der Waals surface area contributed by atoms with Gasteiger partial charge in [0.2, 0.25) is 0 Å². The molecule has 0 saturated heterocycles. The van der Waals surface area contributed by atoms with Crippen LogP contribution < -0.4 is 0 Å². The second kappa shape index (κ2) is 7.10. The van der Waals surface area contributed by atoms with Crippen LogP contribution in [-0.4, -0.2) is 19.9 Å². The maximum absolute atomic E-state index is 14.3. The molecule has 0 N–H and O–H groups in total. The normalized spacial score (nSPS) is 11.1. The number of halogens is 2. The van der Waals surface area contributed by atoms with Gasteiger partial charge in [-0.2, -0.15) is 0 Å². The van der Waals surface area contributed by atoms with Crippen LogP contribution in [0.5, 0.6) is 0 Å². The average Bonchev–Trinajstić information content (AvgIpc) is 3.28. The lowest BCUT2D eigenvalue weighted by molar-refractivity contribution is 0.585. The van der Waals surface area contributed by atoms with Crippen molar-refractivity contribution in [3.8, 4) is 33.1 Å². The summed E-state index contributed by atoms with van der Waals surface area (Å²) in [4.78, 5) is 18.6. The van der Waals surface area contributed by atoms with Crippen LogP contribution in [0.1, 0.15) is 0 Å². The van der Waals surface area contributed by atoms with Crippen LogP contribution in [-0.2, 0) is 0 Å². The van der Waals surface area contributed by atoms with Gasteiger partial charge in [-0.15, -0.1) is 11.3 Å². The highest BCUT2D eigenvalue weighted by molar-refractivity contribution is 7.13. The van der Waals surface area contributed by atoms with Gasteiger partial charge in [0, 0.05) is 41.2 Å². The van der Waals surface area contributed by atoms with Gasteiger partial charge < -0.3 is 0 Å². The first-order valence-corrected chi connectivity index (χ1v) is 9.63. The van der Waals surface area contributed by atoms with E-state index in [0.29, 0.717) is 28.2 Å². The summed E-state index contributed by atoms with van der Waals surface area (Å²) in [7, 11) is 0. The lowest BCUT2D eigenvalue weighted by Crippen LogP contribution is -1.95. The number of aromatic nitrogens is 4. The Kier molecular flexibility index (Phi) is 4.29. The number of rotatable bonds is 3. The molecule has 140 valence electrons. The molecule has 0 amide bonds. The second-order valence-electron chi connectivity index (χ2n) is 6.36. The molecule has 0 aliphatic carbocycles. The smallest absolute Gasteiger partial charge is 0.162 e. The summed E-state index contributed by atoms with van der Waals surface area (Å²) in [6.45, 7) is 0. The second-order valence-corrected chi connectivity index (χ2v) is 7.25. The number of nitrogens with zero attached hydrogens (tertiary/aromatic N) is 4. The van der Waals surface area contributed by atoms with Gasteiger partial charge in [-0.05, 0) is 42.0 Å². The average molecular weight is 402 g/mol. The van der Waals surface area contributed by atoms with Crippen LogP contribution in [0, 0.1) is 11.6 Å². The van der Waals surface area contributed by atoms with E-state index >= 15 is 0 Å². The van der Waals surface area contributed by atoms with Crippen molar-refractivity contribution in [2.75, 3.05) is 0 Å². The standard InChI is InChI=1S/C22H12F2N4S/c23-15-4-5-16(18(24)9-15)13-3-6-19-17(8-13)21(20-11-26-12-29-20)28-22(27-19)14-2-1-7-25-10-14/h1-12H. The lowest BCUT2D eigenvalue weighted by Gasteiger charge is -2.10. The van der Waals surface area contributed by atoms with E-state index in [1.165, 1.54) is 23.5 Å². The molecule has 0 saturated carbocycles. The molecule has 29 heavy (non-hydrogen) atoms. The van der Waals surface area contributed by atoms with E-state index in [-0.39, 0.29) is 0 Å². The van der Waals surface area contributed by atoms with Crippen molar-refractivity contribution in [2.24, 2.45) is 0 Å². The largest absolute Gasteiger partial charge is 0.264 e. The fourth-order valence-electron chi connectivity index (χ4n) is 3.16. The fourth-order valence-corrected chi connectivity index (χ4v) is 3.79. The molecular formula is C22H12F2N4S. The highest BCUT2D eigenvalue weighted by Gasteiger charge is 2.15. The molecule has 3 aromatic heterocycles. The molecule has 0 spiro atoms. The van der Waals surface area contributed by atoms with E-state index < -0.39 is 11.6 Å². The first kappa shape index (κ1) is 17.5. The van der Waals surface area contributed by atoms with E-state index in [0.717, 1.165) is 21.9 Å². The van der Waals surface area contributed by atoms with Crippen LogP contribution >= 0.6 is 11.3 Å². The Bertz CT molecular complexity index is 1320. The van der Waals surface area contributed by atoms with Crippen LogP contribution in [0.15, 0.2) is 72.6 Å². The Morgan fingerprint density at radius 3 is 2.52 bits per heavy atom. The Hall–Kier alpha value is -3.58. The number of hydrogen-bond donors (Lipinski definition) is 0. The topological polar surface area (TPSA) is 51.6 Å². The summed E-state index contributed by atoms with van der Waals surface area (Å²) in [5.41, 5.74) is 4.90. The Morgan fingerprint density at radius 1 is 0.828 bits per heavy atom. The molecule has 4 nitrogen and oxygen atoms in total. The molecule has 0 atom stereocenters. The zero-order chi connectivity index (χ0) is 19.8. The Balaban J connectivity index is 1.76. The van der Waals surface area contributed by atoms with Crippen LogP contribution in [0.3, 0.4) is 0 Å². The molecule has 0 aliphatic rings. The number of hydrogen-bond acceptors (Lipinski definition) is 5. The van der Waals surface area contributed by atoms with Gasteiger partial charge in [-0.25, -0.2) is 18.7 Å². The predicted molar refractivity (Wildman–Crippen MR) is 109 cm³/mol. The highest BCUT2D eigenvalue weighted by atomic mass is 32.1. The van der Waals surface area contributed by atoms with Gasteiger partial charge in [0.1, 0.15) is 11.6 Å². The minimum atomic E-state index is -0.614. The summed E-state index contributed by atoms with van der Waals surface area (Å²) in [5, 5.41) is 0.767. The van der Waals surface area contributed by atoms with E-state index in [4.69, 9.17) is 4.98 Å². The van der Waals surface area contributed by atoms with Crippen molar-refractivity contribution in [3.05, 3.63) is 84.3 Å². The predicted octanol–water partition coefficient (Wildman–Crippen LogP) is 5.76. The maximum atomic E-state index is 14.3. The Labute approximate surface area is 168 Å². The molecule has 0 radical (unpaired) electrons. The maximum Gasteiger partial charge on any atom is 0.162 e. The molecule has 3 heterocycles. The summed E-state index contributed by atoms with van der Waals surface area (Å²) in [5.74, 6) is -0.673. The number of pyridine rings is 1. The Morgan fingerprint density at radius 2 is 1.76 bits per heavy atom. The minimum Gasteiger partial charge on any atom is -0.264 e. The third-order valence-corrected chi connectivity index (χ3v) is 5.30. The minimum absolute atomic E-state index is 0.319. The van der Waals surface area contributed by atoms with Crippen molar-refractivity contribution in [3.63, 3.8) is 0 Å². The quantitative estimate of drug-likeness (QED) is 0.385. The number of benzene rings is 2. The summed E-state index contributed by atoms with van der Waals surface area (Å²) < 4.78 is 27.6. The van der Waals surface area contributed by atoms with E-state index in [2.05, 4.69) is 15.0 Å². The van der Waals surface area contributed by atoms with Crippen molar-refractivity contribution in [1.29, 1.82) is 0 Å². The van der Waals surface area contributed by atoms with Gasteiger partial charge in [-0.1, -0.05) is 6.07 Å². The van der Waals surface area contributed by atoms with Crippen LogP contribution in [0.4, 0.5) is 8.78 Å². The molecule has 0 aliphatic heterocycles. The van der Waals surface area contributed by atoms with Gasteiger partial charge >= 0.3 is 0 Å². The lowest BCUT2D eigenvalue weighted by atomic mass is 10.0. The number of thiazole rings is 1. The molecule has 2 aromatic carbocycles. The van der Waals surface area contributed by atoms with Crippen molar-refractivity contribution in [1.82, 2.24) is 19.9 Å². The van der Waals surface area contributed by atoms with Gasteiger partial charge in [0.05, 0.1) is 21.6 Å². The van der Waals surface area contributed by atoms with Gasteiger partial charge in [0.15, 0.2) is 5.82 Å². The highest BCUT2D eigenvalue weighted by Crippen LogP contribution is 2.34. The first-order chi connectivity index (χ1) is 14.2. The molecule has 5 aromatic rings. The summed E-state index contributed by atoms with van der Waals surface area (Å²) >= 11 is 1.46. The van der Waals surface area contributed by atoms with Crippen molar-refractivity contribution < 1.29 is 8.78 Å². The van der Waals surface area contributed by atoms with Crippen LogP contribution in [0.25, 0.3) is 44.0 Å². The molecular weight excluding hydrogens is 390 g/mol. The molecule has 7 heteroatoms. The molecule has 0 unspecified atom stereocenters. The monoisotopic (exact) mass is 402 g/mol. The zero-order valence-electron chi connectivity index (χ0n) is 14.9. The fraction of sp³-hybridized carbons (Fsp3) is 0. The van der Waals surface area contributed by atoms with Crippen molar-refractivity contribution >= 4 is 22.2 Å². The third-order valence-electron chi connectivity index (χ3n) is 4.52. The first-order valence-electron chi connectivity index (χ1n) is 8.75. The summed E-state index contributed by atoms with van der Waals surface area (Å²) in [6, 6.07) is 12.7. The van der Waals surface area contributed by atoms with Gasteiger partial charge in [-0.3, -0.25) is 9.97 Å². The van der Waals surface area contributed by atoms with E-state index in [9.17, 15) is 8.78 Å². The van der Waals surface area contributed by atoms with E-state index in [1.54, 1.807) is 30.2 Å². The molecule has 5 rings (SSSR count). The SMILES string of the molecule is Fc1ccc(-c2ccc3nc(-c4cccnc4)nc(-c4cncs4)c3c2)c(F)c1. The molecule has 0 fully saturated rings. The van der Waals surface area contributed by atoms with Crippen LogP contribution in [0.2, 0.25) is 0 Å². The number of fused-ring (bicyclic) bond motifs is 1. The van der Waals surface area contributed by atoms with E-state index in [1.807, 2.05) is 24.3 Å². The van der Waals surface area contributed by atoms with Gasteiger partial charge in [0.25, 0.3) is 0 Å². The zero-order valence-corrected chi connectivity index (χ0v) is 15.7. The third kappa shape index (κ3) is 3.25.